The van der Waals surface area contributed by atoms with E-state index in [9.17, 15) is 5.26 Å². The monoisotopic (exact) mass is 1780 g/mol. The SMILES string of the molecule is CN(c1ccc(-c2ccc(N(c3ccc(-c4ccccc4)cc3)c3ccc(-c4ccccc4)cc3)cc2)cc1)c1cccc(C#N)c1.CN(c1ccc(C#N)cc1)c1ccc(-c2ccc(N(c3ccc(-c4ccccc4)cc3)c3ccc(-c4ccccc4)cc3)cc2)cc1.CN(c1ccccc1)c1ccc(-c2ccc(N(c3cccc(-c4ccccc4)c3)c3cccc(-c4ccccc4)c3)cc2)cc1. The first kappa shape index (κ1) is 89.6. The van der Waals surface area contributed by atoms with Crippen molar-refractivity contribution in [3.05, 3.63) is 563 Å². The van der Waals surface area contributed by atoms with Gasteiger partial charge in [-0.2, -0.15) is 10.5 Å². The maximum atomic E-state index is 9.30. The first-order valence-electron chi connectivity index (χ1n) is 46.8. The Morgan fingerprint density at radius 2 is 0.281 bits per heavy atom. The van der Waals surface area contributed by atoms with E-state index in [2.05, 4.69) is 522 Å². The fourth-order valence-electron chi connectivity index (χ4n) is 17.7. The van der Waals surface area contributed by atoms with Crippen molar-refractivity contribution in [1.29, 1.82) is 10.5 Å². The molecule has 664 valence electrons. The normalized spacial score (nSPS) is 10.7. The first-order valence-corrected chi connectivity index (χ1v) is 46.8. The molecule has 0 bridgehead atoms. The minimum Gasteiger partial charge on any atom is -0.345 e. The van der Waals surface area contributed by atoms with E-state index in [1.54, 1.807) is 0 Å². The molecule has 0 saturated heterocycles. The molecule has 0 aliphatic rings. The van der Waals surface area contributed by atoms with E-state index in [4.69, 9.17) is 5.26 Å². The molecule has 0 aliphatic carbocycles. The lowest BCUT2D eigenvalue weighted by Gasteiger charge is -2.27. The van der Waals surface area contributed by atoms with Crippen molar-refractivity contribution in [2.45, 2.75) is 0 Å². The number of hydrogen-bond acceptors (Lipinski definition) is 8. The summed E-state index contributed by atoms with van der Waals surface area (Å²) in [5, 5.41) is 18.4. The third kappa shape index (κ3) is 21.4. The van der Waals surface area contributed by atoms with Gasteiger partial charge in [-0.1, -0.05) is 352 Å². The van der Waals surface area contributed by atoms with Gasteiger partial charge in [-0.15, -0.1) is 0 Å². The van der Waals surface area contributed by atoms with E-state index in [0.29, 0.717) is 11.1 Å². The Bertz CT molecular complexity index is 7420. The van der Waals surface area contributed by atoms with Crippen LogP contribution < -0.4 is 29.4 Å². The Labute approximate surface area is 816 Å². The topological polar surface area (TPSA) is 67.0 Å². The Morgan fingerprint density at radius 1 is 0.122 bits per heavy atom. The Hall–Kier alpha value is -18.6. The second-order valence-electron chi connectivity index (χ2n) is 34.1. The van der Waals surface area contributed by atoms with Crippen molar-refractivity contribution in [3.8, 4) is 112 Å². The summed E-state index contributed by atoms with van der Waals surface area (Å²) in [4.78, 5) is 13.4. The van der Waals surface area contributed by atoms with Crippen molar-refractivity contribution in [2.75, 3.05) is 50.5 Å². The number of nitriles is 2. The van der Waals surface area contributed by atoms with Gasteiger partial charge in [0.1, 0.15) is 0 Å². The lowest BCUT2D eigenvalue weighted by molar-refractivity contribution is 1.21. The van der Waals surface area contributed by atoms with Crippen molar-refractivity contribution in [2.24, 2.45) is 0 Å². The predicted molar refractivity (Wildman–Crippen MR) is 585 cm³/mol. The van der Waals surface area contributed by atoms with Crippen LogP contribution in [0.4, 0.5) is 85.3 Å². The van der Waals surface area contributed by atoms with Crippen molar-refractivity contribution in [3.63, 3.8) is 0 Å². The second-order valence-corrected chi connectivity index (χ2v) is 34.1. The highest BCUT2D eigenvalue weighted by molar-refractivity contribution is 5.88. The zero-order valence-corrected chi connectivity index (χ0v) is 77.6. The molecule has 0 fully saturated rings. The van der Waals surface area contributed by atoms with Crippen molar-refractivity contribution < 1.29 is 0 Å². The average molecular weight is 1790 g/mol. The van der Waals surface area contributed by atoms with E-state index in [0.717, 1.165) is 102 Å². The molecule has 0 saturated carbocycles. The minimum absolute atomic E-state index is 0.652. The van der Waals surface area contributed by atoms with Crippen molar-refractivity contribution >= 4 is 85.3 Å². The summed E-state index contributed by atoms with van der Waals surface area (Å²) < 4.78 is 0. The summed E-state index contributed by atoms with van der Waals surface area (Å²) in [5.41, 5.74) is 39.0. The van der Waals surface area contributed by atoms with Crippen LogP contribution in [0.5, 0.6) is 0 Å². The summed E-state index contributed by atoms with van der Waals surface area (Å²) in [6, 6.07) is 198. The van der Waals surface area contributed by atoms with Crippen LogP contribution in [-0.4, -0.2) is 21.1 Å². The van der Waals surface area contributed by atoms with Gasteiger partial charge in [-0.05, 0) is 300 Å². The maximum absolute atomic E-state index is 9.30. The molecule has 8 heteroatoms. The highest BCUT2D eigenvalue weighted by Gasteiger charge is 2.21. The van der Waals surface area contributed by atoms with E-state index in [1.807, 2.05) is 93.0 Å². The summed E-state index contributed by atoms with van der Waals surface area (Å²) in [5.74, 6) is 0. The van der Waals surface area contributed by atoms with Crippen LogP contribution in [0.25, 0.3) is 100 Å². The number of rotatable bonds is 24. The van der Waals surface area contributed by atoms with Crippen molar-refractivity contribution in [1.82, 2.24) is 0 Å². The standard InChI is InChI=1S/2C44H33N3.C43H34N2/c1-46(44-14-8-9-33(31-44)32-45)40-23-15-38(16-24-40)39-21-29-43(30-22-39)47(41-25-17-36(18-26-41)34-10-4-2-5-11-34)42-27-19-37(20-28-42)35-12-6-3-7-13-35;1-46(40-22-12-33(32-45)13-23-40)41-24-14-38(15-25-41)39-20-30-44(31-21-39)47(42-26-16-36(17-27-42)34-8-4-2-5-9-34)43-28-18-37(19-29-43)35-10-6-3-7-11-35;1-44(39-19-9-4-10-20-39)40-27-23-35(24-28-40)36-25-29-41(30-26-36)45(42-21-11-17-37(31-42)33-13-5-2-6-14-33)43-22-12-18-38(32-43)34-15-7-3-8-16-34/h2*2-31H,1H3;2-32H,1H3. The molecule has 21 aromatic rings. The molecule has 21 rings (SSSR count). The summed E-state index contributed by atoms with van der Waals surface area (Å²) >= 11 is 0. The number of anilines is 15. The Kier molecular flexibility index (Phi) is 27.7. The molecule has 8 nitrogen and oxygen atoms in total. The molecular weight excluding hydrogens is 1690 g/mol. The van der Waals surface area contributed by atoms with Crippen LogP contribution in [-0.2, 0) is 0 Å². The minimum atomic E-state index is 0.652. The number of nitrogens with zero attached hydrogens (tertiary/aromatic N) is 8. The average Bonchev–Trinajstić information content (AvgIpc) is 0.788. The van der Waals surface area contributed by atoms with Crippen LogP contribution in [0.15, 0.2) is 552 Å². The van der Waals surface area contributed by atoms with Gasteiger partial charge in [0.25, 0.3) is 0 Å². The van der Waals surface area contributed by atoms with E-state index < -0.39 is 0 Å². The van der Waals surface area contributed by atoms with Gasteiger partial charge in [-0.3, -0.25) is 0 Å². The van der Waals surface area contributed by atoms with Gasteiger partial charge in [0.05, 0.1) is 23.3 Å². The van der Waals surface area contributed by atoms with Gasteiger partial charge in [0.15, 0.2) is 0 Å². The largest absolute Gasteiger partial charge is 0.345 e. The zero-order chi connectivity index (χ0) is 94.4. The molecule has 0 aromatic heterocycles. The third-order valence-electron chi connectivity index (χ3n) is 25.4. The van der Waals surface area contributed by atoms with E-state index in [1.165, 1.54) is 83.6 Å². The van der Waals surface area contributed by atoms with Crippen LogP contribution in [0, 0.1) is 22.7 Å². The molecule has 0 N–H and O–H groups in total. The van der Waals surface area contributed by atoms with Gasteiger partial charge in [0.2, 0.25) is 0 Å². The number of benzene rings is 21. The van der Waals surface area contributed by atoms with Crippen LogP contribution in [0.3, 0.4) is 0 Å². The maximum Gasteiger partial charge on any atom is 0.0992 e. The number of para-hydroxylation sites is 1. The quantitative estimate of drug-likeness (QED) is 0.0593. The molecule has 21 aromatic carbocycles. The van der Waals surface area contributed by atoms with Crippen LogP contribution >= 0.6 is 0 Å². The van der Waals surface area contributed by atoms with Crippen LogP contribution in [0.2, 0.25) is 0 Å². The van der Waals surface area contributed by atoms with Gasteiger partial charge in [-0.25, -0.2) is 0 Å². The summed E-state index contributed by atoms with van der Waals surface area (Å²) in [6.07, 6.45) is 0. The molecule has 0 spiro atoms. The summed E-state index contributed by atoms with van der Waals surface area (Å²) in [7, 11) is 6.17. The van der Waals surface area contributed by atoms with E-state index in [-0.39, 0.29) is 0 Å². The molecule has 0 amide bonds. The molecule has 0 aliphatic heterocycles. The van der Waals surface area contributed by atoms with Gasteiger partial charge >= 0.3 is 0 Å². The highest BCUT2D eigenvalue weighted by Crippen LogP contribution is 2.44. The summed E-state index contributed by atoms with van der Waals surface area (Å²) in [6.45, 7) is 0. The molecule has 0 radical (unpaired) electrons. The molecular formula is C131H100N8. The van der Waals surface area contributed by atoms with Gasteiger partial charge in [0, 0.05) is 106 Å². The first-order chi connectivity index (χ1) is 68.5. The van der Waals surface area contributed by atoms with E-state index >= 15 is 0 Å². The lowest BCUT2D eigenvalue weighted by atomic mass is 10.0. The molecule has 0 atom stereocenters. The fraction of sp³-hybridized carbons (Fsp3) is 0.0229. The fourth-order valence-corrected chi connectivity index (χ4v) is 17.7. The highest BCUT2D eigenvalue weighted by atomic mass is 15.2. The zero-order valence-electron chi connectivity index (χ0n) is 77.6. The Balaban J connectivity index is 0.000000133. The second kappa shape index (κ2) is 43.0. The lowest BCUT2D eigenvalue weighted by Crippen LogP contribution is -2.10. The third-order valence-corrected chi connectivity index (χ3v) is 25.4. The smallest absolute Gasteiger partial charge is 0.0992 e. The van der Waals surface area contributed by atoms with Crippen LogP contribution in [0.1, 0.15) is 11.1 Å². The predicted octanol–water partition coefficient (Wildman–Crippen LogP) is 35.5. The number of hydrogen-bond donors (Lipinski definition) is 0. The Morgan fingerprint density at radius 3 is 0.518 bits per heavy atom. The van der Waals surface area contributed by atoms with Gasteiger partial charge < -0.3 is 29.4 Å². The molecule has 0 heterocycles. The molecule has 139 heavy (non-hydrogen) atoms. The molecule has 0 unspecified atom stereocenters.